The summed E-state index contributed by atoms with van der Waals surface area (Å²) in [5, 5.41) is 3.65. The Balaban J connectivity index is 4.54. The summed E-state index contributed by atoms with van der Waals surface area (Å²) in [5.41, 5.74) is 6.09. The summed E-state index contributed by atoms with van der Waals surface area (Å²) in [6.07, 6.45) is 2.48. The van der Waals surface area contributed by atoms with Crippen molar-refractivity contribution in [2.24, 2.45) is 17.6 Å². The molecule has 3 heteroatoms. The third-order valence-electron chi connectivity index (χ3n) is 3.16. The molecular formula is C14H32N2O. The molecule has 0 saturated heterocycles. The molecule has 0 fully saturated rings. The first-order valence-electron chi connectivity index (χ1n) is 6.83. The lowest BCUT2D eigenvalue weighted by Gasteiger charge is -2.38. The molecule has 0 spiro atoms. The van der Waals surface area contributed by atoms with Crippen LogP contribution in [0.5, 0.6) is 0 Å². The van der Waals surface area contributed by atoms with Gasteiger partial charge < -0.3 is 15.8 Å². The van der Waals surface area contributed by atoms with Crippen LogP contribution in [0.2, 0.25) is 0 Å². The quantitative estimate of drug-likeness (QED) is 0.655. The zero-order valence-electron chi connectivity index (χ0n) is 12.5. The normalized spacial score (nSPS) is 14.6. The van der Waals surface area contributed by atoms with E-state index >= 15 is 0 Å². The maximum atomic E-state index is 6.03. The summed E-state index contributed by atoms with van der Waals surface area (Å²) in [5.74, 6) is 1.31. The molecule has 0 aliphatic rings. The number of hydrogen-bond donors (Lipinski definition) is 2. The first kappa shape index (κ1) is 16.9. The van der Waals surface area contributed by atoms with Crippen molar-refractivity contribution >= 4 is 0 Å². The molecule has 17 heavy (non-hydrogen) atoms. The highest BCUT2D eigenvalue weighted by Crippen LogP contribution is 2.24. The van der Waals surface area contributed by atoms with Crippen LogP contribution in [-0.4, -0.2) is 31.8 Å². The Kier molecular flexibility index (Phi) is 8.01. The Morgan fingerprint density at radius 2 is 1.53 bits per heavy atom. The van der Waals surface area contributed by atoms with E-state index < -0.39 is 0 Å². The van der Waals surface area contributed by atoms with Gasteiger partial charge in [-0.05, 0) is 31.6 Å². The van der Waals surface area contributed by atoms with Gasteiger partial charge in [0.2, 0.25) is 0 Å². The minimum atomic E-state index is 0.0646. The fraction of sp³-hybridized carbons (Fsp3) is 1.00. The van der Waals surface area contributed by atoms with Crippen LogP contribution in [0.4, 0.5) is 0 Å². The van der Waals surface area contributed by atoms with Crippen molar-refractivity contribution in [3.05, 3.63) is 0 Å². The summed E-state index contributed by atoms with van der Waals surface area (Å²) in [4.78, 5) is 0. The first-order valence-corrected chi connectivity index (χ1v) is 6.83. The number of nitrogens with one attached hydrogen (secondary N) is 1. The van der Waals surface area contributed by atoms with E-state index in [1.54, 1.807) is 7.11 Å². The van der Waals surface area contributed by atoms with Gasteiger partial charge in [0.1, 0.15) is 0 Å². The smallest absolute Gasteiger partial charge is 0.0667 e. The maximum Gasteiger partial charge on any atom is 0.0667 e. The summed E-state index contributed by atoms with van der Waals surface area (Å²) < 4.78 is 5.30. The van der Waals surface area contributed by atoms with E-state index in [1.807, 2.05) is 0 Å². The van der Waals surface area contributed by atoms with Gasteiger partial charge in [0, 0.05) is 25.7 Å². The van der Waals surface area contributed by atoms with Gasteiger partial charge in [-0.25, -0.2) is 0 Å². The summed E-state index contributed by atoms with van der Waals surface area (Å²) in [7, 11) is 1.75. The lowest BCUT2D eigenvalue weighted by atomic mass is 9.81. The number of hydrogen-bond acceptors (Lipinski definition) is 3. The third-order valence-corrected chi connectivity index (χ3v) is 3.16. The molecule has 0 aliphatic carbocycles. The number of rotatable bonds is 9. The van der Waals surface area contributed by atoms with Crippen molar-refractivity contribution in [1.82, 2.24) is 5.32 Å². The van der Waals surface area contributed by atoms with Crippen molar-refractivity contribution < 1.29 is 4.74 Å². The predicted molar refractivity (Wildman–Crippen MR) is 75.2 cm³/mol. The molecule has 0 rings (SSSR count). The average molecular weight is 244 g/mol. The van der Waals surface area contributed by atoms with Crippen molar-refractivity contribution in [2.45, 2.75) is 59.1 Å². The molecule has 0 aromatic rings. The molecule has 3 nitrogen and oxygen atoms in total. The predicted octanol–water partition coefficient (Wildman–Crippen LogP) is 2.40. The number of nitrogens with two attached hydrogens (primary N) is 1. The minimum Gasteiger partial charge on any atom is -0.380 e. The summed E-state index contributed by atoms with van der Waals surface area (Å²) in [6.45, 7) is 12.7. The van der Waals surface area contributed by atoms with Crippen LogP contribution in [-0.2, 0) is 4.74 Å². The van der Waals surface area contributed by atoms with Crippen LogP contribution in [0, 0.1) is 11.8 Å². The second-order valence-electron chi connectivity index (χ2n) is 6.11. The molecule has 0 aromatic carbocycles. The van der Waals surface area contributed by atoms with Crippen molar-refractivity contribution in [2.75, 3.05) is 20.2 Å². The lowest BCUT2D eigenvalue weighted by molar-refractivity contribution is 0.1000. The Bertz CT molecular complexity index is 183. The van der Waals surface area contributed by atoms with E-state index in [9.17, 15) is 0 Å². The summed E-state index contributed by atoms with van der Waals surface area (Å²) in [6, 6.07) is 0. The highest BCUT2D eigenvalue weighted by Gasteiger charge is 2.30. The van der Waals surface area contributed by atoms with Crippen LogP contribution in [0.3, 0.4) is 0 Å². The fourth-order valence-electron chi connectivity index (χ4n) is 2.47. The molecule has 3 N–H and O–H groups in total. The largest absolute Gasteiger partial charge is 0.380 e. The monoisotopic (exact) mass is 244 g/mol. The van der Waals surface area contributed by atoms with Gasteiger partial charge in [-0.2, -0.15) is 0 Å². The maximum absolute atomic E-state index is 6.03. The number of ether oxygens (including phenoxy) is 1. The zero-order chi connectivity index (χ0) is 13.5. The highest BCUT2D eigenvalue weighted by atomic mass is 16.5. The Hall–Kier alpha value is -0.120. The van der Waals surface area contributed by atoms with Gasteiger partial charge in [0.05, 0.1) is 6.10 Å². The van der Waals surface area contributed by atoms with Gasteiger partial charge in [0.15, 0.2) is 0 Å². The van der Waals surface area contributed by atoms with E-state index in [0.717, 1.165) is 19.4 Å². The molecule has 1 unspecified atom stereocenters. The lowest BCUT2D eigenvalue weighted by Crippen LogP contribution is -2.54. The Morgan fingerprint density at radius 3 is 1.82 bits per heavy atom. The Morgan fingerprint density at radius 1 is 1.06 bits per heavy atom. The molecule has 1 atom stereocenters. The molecule has 0 aromatic heterocycles. The second-order valence-corrected chi connectivity index (χ2v) is 6.11. The minimum absolute atomic E-state index is 0.0646. The zero-order valence-corrected chi connectivity index (χ0v) is 12.5. The molecule has 0 radical (unpaired) electrons. The van der Waals surface area contributed by atoms with E-state index in [2.05, 4.69) is 39.9 Å². The van der Waals surface area contributed by atoms with E-state index in [0.29, 0.717) is 18.4 Å². The molecule has 0 saturated carbocycles. The SMILES string of the molecule is COC(C)CNC(CN)(CC(C)C)CC(C)C. The molecule has 0 aliphatic heterocycles. The molecule has 0 heterocycles. The first-order chi connectivity index (χ1) is 7.85. The van der Waals surface area contributed by atoms with Gasteiger partial charge in [-0.15, -0.1) is 0 Å². The van der Waals surface area contributed by atoms with Crippen molar-refractivity contribution in [3.63, 3.8) is 0 Å². The molecular weight excluding hydrogens is 212 g/mol. The van der Waals surface area contributed by atoms with E-state index in [1.165, 1.54) is 0 Å². The Labute approximate surface area is 107 Å². The van der Waals surface area contributed by atoms with Crippen LogP contribution in [0.1, 0.15) is 47.5 Å². The molecule has 0 bridgehead atoms. The molecule has 104 valence electrons. The van der Waals surface area contributed by atoms with Crippen LogP contribution >= 0.6 is 0 Å². The standard InChI is InChI=1S/C14H32N2O/c1-11(2)7-14(10-15,8-12(3)4)16-9-13(5)17-6/h11-13,16H,7-10,15H2,1-6H3. The van der Waals surface area contributed by atoms with Gasteiger partial charge >= 0.3 is 0 Å². The van der Waals surface area contributed by atoms with Gasteiger partial charge in [0.25, 0.3) is 0 Å². The topological polar surface area (TPSA) is 47.3 Å². The fourth-order valence-corrected chi connectivity index (χ4v) is 2.47. The van der Waals surface area contributed by atoms with Crippen molar-refractivity contribution in [1.29, 1.82) is 0 Å². The van der Waals surface area contributed by atoms with Crippen molar-refractivity contribution in [3.8, 4) is 0 Å². The summed E-state index contributed by atoms with van der Waals surface area (Å²) >= 11 is 0. The second kappa shape index (κ2) is 8.06. The van der Waals surface area contributed by atoms with Crippen LogP contribution in [0.15, 0.2) is 0 Å². The van der Waals surface area contributed by atoms with Crippen LogP contribution in [0.25, 0.3) is 0 Å². The van der Waals surface area contributed by atoms with E-state index in [4.69, 9.17) is 10.5 Å². The van der Waals surface area contributed by atoms with E-state index in [-0.39, 0.29) is 11.6 Å². The number of methoxy groups -OCH3 is 1. The van der Waals surface area contributed by atoms with Gasteiger partial charge in [-0.1, -0.05) is 27.7 Å². The van der Waals surface area contributed by atoms with Gasteiger partial charge in [-0.3, -0.25) is 0 Å². The van der Waals surface area contributed by atoms with Crippen LogP contribution < -0.4 is 11.1 Å². The highest BCUT2D eigenvalue weighted by molar-refractivity contribution is 4.91. The average Bonchev–Trinajstić information content (AvgIpc) is 2.23. The third kappa shape index (κ3) is 7.02. The molecule has 0 amide bonds.